The zero-order valence-electron chi connectivity index (χ0n) is 15.1. The molecule has 2 rings (SSSR count). The number of hydrogen-bond acceptors (Lipinski definition) is 3. The number of carbonyl (C=O) groups excluding carboxylic acids is 1. The first kappa shape index (κ1) is 19.5. The highest BCUT2D eigenvalue weighted by atomic mass is 32.2. The fourth-order valence-corrected chi connectivity index (χ4v) is 3.84. The molecule has 0 aliphatic rings. The van der Waals surface area contributed by atoms with Gasteiger partial charge in [0.2, 0.25) is 5.91 Å². The van der Waals surface area contributed by atoms with E-state index in [2.05, 4.69) is 11.2 Å². The smallest absolute Gasteiger partial charge is 0.264 e. The van der Waals surface area contributed by atoms with Gasteiger partial charge in [-0.25, -0.2) is 8.42 Å². The van der Waals surface area contributed by atoms with Crippen LogP contribution in [-0.2, 0) is 14.8 Å². The molecule has 136 valence electrons. The van der Waals surface area contributed by atoms with Gasteiger partial charge in [0.05, 0.1) is 10.6 Å². The maximum atomic E-state index is 13.2. The highest BCUT2D eigenvalue weighted by Crippen LogP contribution is 2.25. The number of nitrogens with one attached hydrogen (secondary N) is 1. The fraction of sp³-hybridized carbons (Fsp3) is 0.250. The van der Waals surface area contributed by atoms with Crippen molar-refractivity contribution in [2.45, 2.75) is 24.7 Å². The second kappa shape index (κ2) is 8.07. The summed E-state index contributed by atoms with van der Waals surface area (Å²) in [4.78, 5) is 12.0. The van der Waals surface area contributed by atoms with Crippen molar-refractivity contribution < 1.29 is 13.2 Å². The van der Waals surface area contributed by atoms with Crippen LogP contribution in [0.5, 0.6) is 0 Å². The molecular weight excluding hydrogens is 348 g/mol. The molecule has 2 aromatic carbocycles. The summed E-state index contributed by atoms with van der Waals surface area (Å²) in [7, 11) is -2.46. The van der Waals surface area contributed by atoms with Gasteiger partial charge in [-0.1, -0.05) is 38.0 Å². The highest BCUT2D eigenvalue weighted by Gasteiger charge is 2.27. The molecule has 0 radical (unpaired) electrons. The second-order valence-electron chi connectivity index (χ2n) is 6.10. The zero-order valence-corrected chi connectivity index (χ0v) is 15.9. The van der Waals surface area contributed by atoms with Crippen molar-refractivity contribution in [2.75, 3.05) is 17.9 Å². The molecule has 1 amide bonds. The lowest BCUT2D eigenvalue weighted by Gasteiger charge is -2.24. The van der Waals surface area contributed by atoms with Crippen molar-refractivity contribution in [3.8, 4) is 12.3 Å². The Morgan fingerprint density at radius 1 is 1.19 bits per heavy atom. The van der Waals surface area contributed by atoms with Crippen LogP contribution in [0.1, 0.15) is 30.9 Å². The monoisotopic (exact) mass is 370 g/mol. The summed E-state index contributed by atoms with van der Waals surface area (Å²) in [5.74, 6) is 2.35. The maximum Gasteiger partial charge on any atom is 0.264 e. The van der Waals surface area contributed by atoms with Gasteiger partial charge in [-0.05, 0) is 41.8 Å². The van der Waals surface area contributed by atoms with Crippen molar-refractivity contribution in [3.05, 3.63) is 59.7 Å². The first-order valence-corrected chi connectivity index (χ1v) is 9.63. The normalized spacial score (nSPS) is 11.0. The van der Waals surface area contributed by atoms with Crippen LogP contribution in [0.3, 0.4) is 0 Å². The number of hydrogen-bond donors (Lipinski definition) is 1. The third-order valence-electron chi connectivity index (χ3n) is 4.00. The van der Waals surface area contributed by atoms with E-state index in [4.69, 9.17) is 6.42 Å². The van der Waals surface area contributed by atoms with E-state index < -0.39 is 15.9 Å². The predicted molar refractivity (Wildman–Crippen MR) is 104 cm³/mol. The molecule has 0 saturated heterocycles. The molecule has 0 spiro atoms. The largest absolute Gasteiger partial charge is 0.358 e. The Balaban J connectivity index is 2.52. The van der Waals surface area contributed by atoms with E-state index >= 15 is 0 Å². The number of likely N-dealkylation sites (N-methyl/N-ethyl adjacent to an activating group) is 1. The third-order valence-corrected chi connectivity index (χ3v) is 5.79. The van der Waals surface area contributed by atoms with Gasteiger partial charge in [0, 0.05) is 12.6 Å². The van der Waals surface area contributed by atoms with Gasteiger partial charge in [0.1, 0.15) is 6.54 Å². The average molecular weight is 370 g/mol. The lowest BCUT2D eigenvalue weighted by molar-refractivity contribution is -0.119. The molecule has 0 unspecified atom stereocenters. The first-order chi connectivity index (χ1) is 12.3. The van der Waals surface area contributed by atoms with Crippen molar-refractivity contribution in [1.29, 1.82) is 0 Å². The Labute approximate surface area is 155 Å². The summed E-state index contributed by atoms with van der Waals surface area (Å²) in [5, 5.41) is 2.46. The summed E-state index contributed by atoms with van der Waals surface area (Å²) in [5.41, 5.74) is 1.92. The molecule has 0 bridgehead atoms. The van der Waals surface area contributed by atoms with Crippen LogP contribution in [0.4, 0.5) is 5.69 Å². The Morgan fingerprint density at radius 3 is 2.38 bits per heavy atom. The molecular formula is C20H22N2O3S. The number of terminal acetylenes is 1. The molecule has 2 aromatic rings. The van der Waals surface area contributed by atoms with Crippen LogP contribution >= 0.6 is 0 Å². The van der Waals surface area contributed by atoms with Crippen LogP contribution in [0, 0.1) is 12.3 Å². The van der Waals surface area contributed by atoms with Crippen LogP contribution in [-0.4, -0.2) is 27.9 Å². The minimum atomic E-state index is -3.92. The van der Waals surface area contributed by atoms with E-state index in [-0.39, 0.29) is 11.4 Å². The number of anilines is 1. The van der Waals surface area contributed by atoms with Gasteiger partial charge in [0.15, 0.2) is 0 Å². The Bertz CT molecular complexity index is 926. The van der Waals surface area contributed by atoms with E-state index in [1.54, 1.807) is 48.5 Å². The summed E-state index contributed by atoms with van der Waals surface area (Å²) >= 11 is 0. The van der Waals surface area contributed by atoms with Gasteiger partial charge in [0.25, 0.3) is 10.0 Å². The van der Waals surface area contributed by atoms with Gasteiger partial charge >= 0.3 is 0 Å². The Kier molecular flexibility index (Phi) is 6.06. The standard InChI is InChI=1S/C20H22N2O3S/c1-5-16-7-6-8-18(13-16)22(14-20(23)21-4)26(24,25)19-11-9-17(10-12-19)15(2)3/h1,6-13,15H,14H2,2-4H3,(H,21,23). The maximum absolute atomic E-state index is 13.2. The molecule has 6 heteroatoms. The topological polar surface area (TPSA) is 66.5 Å². The molecule has 0 heterocycles. The Hall–Kier alpha value is -2.78. The zero-order chi connectivity index (χ0) is 19.3. The van der Waals surface area contributed by atoms with Crippen LogP contribution < -0.4 is 9.62 Å². The lowest BCUT2D eigenvalue weighted by Crippen LogP contribution is -2.39. The van der Waals surface area contributed by atoms with Gasteiger partial charge in [-0.2, -0.15) is 0 Å². The number of sulfonamides is 1. The van der Waals surface area contributed by atoms with Gasteiger partial charge < -0.3 is 5.32 Å². The van der Waals surface area contributed by atoms with E-state index in [9.17, 15) is 13.2 Å². The quantitative estimate of drug-likeness (QED) is 0.795. The van der Waals surface area contributed by atoms with Crippen molar-refractivity contribution in [3.63, 3.8) is 0 Å². The number of amides is 1. The Morgan fingerprint density at radius 2 is 1.85 bits per heavy atom. The summed E-state index contributed by atoms with van der Waals surface area (Å²) < 4.78 is 27.4. The average Bonchev–Trinajstić information content (AvgIpc) is 2.65. The molecule has 5 nitrogen and oxygen atoms in total. The molecule has 0 atom stereocenters. The minimum absolute atomic E-state index is 0.122. The van der Waals surface area contributed by atoms with Crippen molar-refractivity contribution >= 4 is 21.6 Å². The summed E-state index contributed by atoms with van der Waals surface area (Å²) in [6.45, 7) is 3.73. The molecule has 0 aliphatic carbocycles. The lowest BCUT2D eigenvalue weighted by atomic mass is 10.0. The molecule has 1 N–H and O–H groups in total. The number of carbonyl (C=O) groups is 1. The van der Waals surface area contributed by atoms with E-state index in [1.807, 2.05) is 13.8 Å². The highest BCUT2D eigenvalue weighted by molar-refractivity contribution is 7.92. The van der Waals surface area contributed by atoms with Crippen LogP contribution in [0.15, 0.2) is 53.4 Å². The SMILES string of the molecule is C#Cc1cccc(N(CC(=O)NC)S(=O)(=O)c2ccc(C(C)C)cc2)c1. The molecule has 0 fully saturated rings. The van der Waals surface area contributed by atoms with Crippen molar-refractivity contribution in [2.24, 2.45) is 0 Å². The van der Waals surface area contributed by atoms with Crippen LogP contribution in [0.2, 0.25) is 0 Å². The summed E-state index contributed by atoms with van der Waals surface area (Å²) in [6, 6.07) is 13.2. The van der Waals surface area contributed by atoms with E-state index in [0.29, 0.717) is 17.2 Å². The van der Waals surface area contributed by atoms with E-state index in [0.717, 1.165) is 9.87 Å². The van der Waals surface area contributed by atoms with Crippen LogP contribution in [0.25, 0.3) is 0 Å². The second-order valence-corrected chi connectivity index (χ2v) is 7.97. The number of benzene rings is 2. The van der Waals surface area contributed by atoms with Gasteiger partial charge in [-0.15, -0.1) is 6.42 Å². The molecule has 26 heavy (non-hydrogen) atoms. The number of nitrogens with zero attached hydrogens (tertiary/aromatic N) is 1. The summed E-state index contributed by atoms with van der Waals surface area (Å²) in [6.07, 6.45) is 5.41. The predicted octanol–water partition coefficient (Wildman–Crippen LogP) is 2.73. The molecule has 0 aliphatic heterocycles. The third kappa shape index (κ3) is 4.24. The van der Waals surface area contributed by atoms with Crippen molar-refractivity contribution in [1.82, 2.24) is 5.32 Å². The molecule has 0 aromatic heterocycles. The minimum Gasteiger partial charge on any atom is -0.358 e. The first-order valence-electron chi connectivity index (χ1n) is 8.19. The molecule has 0 saturated carbocycles. The fourth-order valence-electron chi connectivity index (χ4n) is 2.43. The van der Waals surface area contributed by atoms with Gasteiger partial charge in [-0.3, -0.25) is 9.10 Å². The number of rotatable bonds is 6. The van der Waals surface area contributed by atoms with E-state index in [1.165, 1.54) is 7.05 Å².